The summed E-state index contributed by atoms with van der Waals surface area (Å²) < 4.78 is 0. The average Bonchev–Trinajstić information content (AvgIpc) is 2.68. The molecule has 1 aromatic heterocycles. The molecule has 0 fully saturated rings. The van der Waals surface area contributed by atoms with Gasteiger partial charge in [-0.3, -0.25) is 4.79 Å². The third kappa shape index (κ3) is 1.67. The molecule has 3 rings (SSSR count). The Morgan fingerprint density at radius 3 is 3.00 bits per heavy atom. The Bertz CT molecular complexity index is 590. The van der Waals surface area contributed by atoms with Crippen molar-refractivity contribution in [2.45, 2.75) is 18.3 Å². The summed E-state index contributed by atoms with van der Waals surface area (Å²) in [6.45, 7) is 3.06. The number of hydrogen-bond acceptors (Lipinski definition) is 1. The number of nitrogens with one attached hydrogen (secondary N) is 1. The third-order valence-corrected chi connectivity index (χ3v) is 4.08. The smallest absolute Gasteiger partial charge is 0.219 e. The zero-order valence-corrected chi connectivity index (χ0v) is 11.1. The Morgan fingerprint density at radius 2 is 2.24 bits per heavy atom. The van der Waals surface area contributed by atoms with Gasteiger partial charge < -0.3 is 9.88 Å². The van der Waals surface area contributed by atoms with E-state index in [1.165, 1.54) is 16.6 Å². The van der Waals surface area contributed by atoms with E-state index in [0.717, 1.165) is 12.1 Å². The summed E-state index contributed by atoms with van der Waals surface area (Å²) in [5, 5.41) is 1.22. The Morgan fingerprint density at radius 1 is 1.47 bits per heavy atom. The van der Waals surface area contributed by atoms with E-state index in [9.17, 15) is 4.79 Å². The van der Waals surface area contributed by atoms with Crippen LogP contribution in [0.15, 0.2) is 24.3 Å². The van der Waals surface area contributed by atoms with Gasteiger partial charge in [-0.15, -0.1) is 0 Å². The van der Waals surface area contributed by atoms with Crippen LogP contribution in [0.3, 0.4) is 0 Å². The molecule has 2 heterocycles. The minimum Gasteiger partial charge on any atom is -0.357 e. The Kier molecular flexibility index (Phi) is 2.47. The molecule has 1 atom stereocenters. The van der Waals surface area contributed by atoms with Gasteiger partial charge in [0.2, 0.25) is 5.91 Å². The number of rotatable bonds is 0. The number of alkyl halides is 1. The summed E-state index contributed by atoms with van der Waals surface area (Å²) in [7, 11) is 0. The van der Waals surface area contributed by atoms with Gasteiger partial charge >= 0.3 is 0 Å². The number of H-pyrrole nitrogens is 1. The van der Waals surface area contributed by atoms with Crippen LogP contribution in [-0.2, 0) is 11.3 Å². The molecule has 0 bridgehead atoms. The van der Waals surface area contributed by atoms with E-state index < -0.39 is 0 Å². The zero-order valence-electron chi connectivity index (χ0n) is 9.53. The van der Waals surface area contributed by atoms with Gasteiger partial charge in [-0.05, 0) is 6.07 Å². The van der Waals surface area contributed by atoms with Crippen molar-refractivity contribution in [3.63, 3.8) is 0 Å². The highest BCUT2D eigenvalue weighted by atomic mass is 79.9. The molecule has 1 aromatic carbocycles. The van der Waals surface area contributed by atoms with Gasteiger partial charge in [0.15, 0.2) is 0 Å². The fourth-order valence-electron chi connectivity index (χ4n) is 2.44. The Balaban J connectivity index is 2.16. The van der Waals surface area contributed by atoms with E-state index in [1.54, 1.807) is 6.92 Å². The van der Waals surface area contributed by atoms with Crippen molar-refractivity contribution in [2.75, 3.05) is 6.54 Å². The van der Waals surface area contributed by atoms with Crippen LogP contribution < -0.4 is 0 Å². The second kappa shape index (κ2) is 3.88. The molecule has 1 aliphatic heterocycles. The minimum atomic E-state index is 0.130. The SMILES string of the molecule is CC(=O)N1Cc2c([nH]c3ccccc23)C(Br)C1. The van der Waals surface area contributed by atoms with Crippen molar-refractivity contribution in [3.05, 3.63) is 35.5 Å². The first kappa shape index (κ1) is 10.8. The summed E-state index contributed by atoms with van der Waals surface area (Å²) >= 11 is 3.65. The van der Waals surface area contributed by atoms with Gasteiger partial charge in [0.05, 0.1) is 4.83 Å². The fraction of sp³-hybridized carbons (Fsp3) is 0.308. The van der Waals surface area contributed by atoms with E-state index in [1.807, 2.05) is 17.0 Å². The molecule has 0 saturated heterocycles. The van der Waals surface area contributed by atoms with E-state index >= 15 is 0 Å². The van der Waals surface area contributed by atoms with Crippen LogP contribution in [0.5, 0.6) is 0 Å². The molecule has 88 valence electrons. The molecular formula is C13H13BrN2O. The maximum atomic E-state index is 11.5. The fourth-order valence-corrected chi connectivity index (χ4v) is 3.18. The van der Waals surface area contributed by atoms with Gasteiger partial charge in [0.1, 0.15) is 0 Å². The van der Waals surface area contributed by atoms with Crippen LogP contribution in [0.2, 0.25) is 0 Å². The van der Waals surface area contributed by atoms with Crippen molar-refractivity contribution in [1.82, 2.24) is 9.88 Å². The van der Waals surface area contributed by atoms with Gasteiger partial charge in [-0.25, -0.2) is 0 Å². The number of aromatic amines is 1. The highest BCUT2D eigenvalue weighted by Gasteiger charge is 2.27. The molecule has 1 unspecified atom stereocenters. The van der Waals surface area contributed by atoms with Crippen LogP contribution in [0.4, 0.5) is 0 Å². The van der Waals surface area contributed by atoms with Gasteiger partial charge in [0, 0.05) is 42.2 Å². The molecule has 0 aliphatic carbocycles. The first-order valence-electron chi connectivity index (χ1n) is 5.66. The average molecular weight is 293 g/mol. The highest BCUT2D eigenvalue weighted by molar-refractivity contribution is 9.09. The second-order valence-corrected chi connectivity index (χ2v) is 5.54. The topological polar surface area (TPSA) is 36.1 Å². The van der Waals surface area contributed by atoms with Crippen LogP contribution >= 0.6 is 15.9 Å². The number of carbonyl (C=O) groups excluding carboxylic acids is 1. The predicted molar refractivity (Wildman–Crippen MR) is 71.1 cm³/mol. The first-order chi connectivity index (χ1) is 8.16. The number of fused-ring (bicyclic) bond motifs is 3. The zero-order chi connectivity index (χ0) is 12.0. The van der Waals surface area contributed by atoms with Crippen molar-refractivity contribution < 1.29 is 4.79 Å². The molecule has 1 N–H and O–H groups in total. The maximum Gasteiger partial charge on any atom is 0.219 e. The molecule has 0 saturated carbocycles. The molecular weight excluding hydrogens is 280 g/mol. The number of amides is 1. The van der Waals surface area contributed by atoms with Crippen molar-refractivity contribution >= 4 is 32.7 Å². The number of hydrogen-bond donors (Lipinski definition) is 1. The molecule has 2 aromatic rings. The maximum absolute atomic E-state index is 11.5. The summed E-state index contributed by atoms with van der Waals surface area (Å²) in [6.07, 6.45) is 0. The van der Waals surface area contributed by atoms with Crippen LogP contribution in [-0.4, -0.2) is 22.3 Å². The highest BCUT2D eigenvalue weighted by Crippen LogP contribution is 2.36. The van der Waals surface area contributed by atoms with E-state index in [-0.39, 0.29) is 10.7 Å². The Labute approximate surface area is 108 Å². The number of nitrogens with zero attached hydrogens (tertiary/aromatic N) is 1. The number of benzene rings is 1. The predicted octanol–water partition coefficient (Wildman–Crippen LogP) is 2.97. The van der Waals surface area contributed by atoms with E-state index in [2.05, 4.69) is 33.0 Å². The number of aromatic nitrogens is 1. The molecule has 3 nitrogen and oxygen atoms in total. The van der Waals surface area contributed by atoms with Crippen molar-refractivity contribution in [1.29, 1.82) is 0 Å². The first-order valence-corrected chi connectivity index (χ1v) is 6.57. The van der Waals surface area contributed by atoms with Crippen molar-refractivity contribution in [2.24, 2.45) is 0 Å². The van der Waals surface area contributed by atoms with Gasteiger partial charge in [0.25, 0.3) is 0 Å². The quantitative estimate of drug-likeness (QED) is 0.745. The minimum absolute atomic E-state index is 0.130. The number of para-hydroxylation sites is 1. The van der Waals surface area contributed by atoms with E-state index in [4.69, 9.17) is 0 Å². The summed E-state index contributed by atoms with van der Waals surface area (Å²) in [5.41, 5.74) is 3.60. The summed E-state index contributed by atoms with van der Waals surface area (Å²) in [4.78, 5) is 17.0. The lowest BCUT2D eigenvalue weighted by atomic mass is 10.0. The normalized spacial score (nSPS) is 19.4. The lowest BCUT2D eigenvalue weighted by molar-refractivity contribution is -0.129. The summed E-state index contributed by atoms with van der Waals surface area (Å²) in [6, 6.07) is 8.24. The van der Waals surface area contributed by atoms with E-state index in [0.29, 0.717) is 6.54 Å². The standard InChI is InChI=1S/C13H13BrN2O/c1-8(17)16-6-10-9-4-2-3-5-12(9)15-13(10)11(14)7-16/h2-5,11,15H,6-7H2,1H3. The lowest BCUT2D eigenvalue weighted by Crippen LogP contribution is -2.35. The molecule has 4 heteroatoms. The van der Waals surface area contributed by atoms with Crippen LogP contribution in [0.25, 0.3) is 10.9 Å². The van der Waals surface area contributed by atoms with Crippen molar-refractivity contribution in [3.8, 4) is 0 Å². The number of carbonyl (C=O) groups is 1. The molecule has 1 aliphatic rings. The van der Waals surface area contributed by atoms with Gasteiger partial charge in [-0.2, -0.15) is 0 Å². The molecule has 0 radical (unpaired) electrons. The summed E-state index contributed by atoms with van der Waals surface area (Å²) in [5.74, 6) is 0.130. The Hall–Kier alpha value is -1.29. The third-order valence-electron chi connectivity index (χ3n) is 3.33. The molecule has 17 heavy (non-hydrogen) atoms. The monoisotopic (exact) mass is 292 g/mol. The van der Waals surface area contributed by atoms with Crippen LogP contribution in [0, 0.1) is 0 Å². The molecule has 0 spiro atoms. The van der Waals surface area contributed by atoms with Crippen LogP contribution in [0.1, 0.15) is 23.0 Å². The largest absolute Gasteiger partial charge is 0.357 e. The van der Waals surface area contributed by atoms with Gasteiger partial charge in [-0.1, -0.05) is 34.1 Å². The second-order valence-electron chi connectivity index (χ2n) is 4.43. The molecule has 1 amide bonds. The number of halogens is 1. The lowest BCUT2D eigenvalue weighted by Gasteiger charge is -2.29.